The van der Waals surface area contributed by atoms with Crippen molar-refractivity contribution >= 4 is 0 Å². The quantitative estimate of drug-likeness (QED) is 0.550. The zero-order valence-corrected chi connectivity index (χ0v) is 12.7. The number of hydrogen-bond acceptors (Lipinski definition) is 2. The topological polar surface area (TPSA) is 18.5 Å². The molecule has 1 aromatic carbocycles. The lowest BCUT2D eigenvalue weighted by Crippen LogP contribution is -2.21. The first kappa shape index (κ1) is 15.0. The molecule has 0 fully saturated rings. The number of rotatable bonds is 4. The zero-order valence-electron chi connectivity index (χ0n) is 12.7. The lowest BCUT2D eigenvalue weighted by atomic mass is 9.90. The summed E-state index contributed by atoms with van der Waals surface area (Å²) in [5, 5.41) is 0. The standard InChI is InChI=1S/C16H26O2/c1-11(2)14-9-8-13(10-15(14)12(3)4)17-18-16(5,6)7/h8-12H,1-7H3. The normalized spacial score (nSPS) is 12.3. The molecule has 18 heavy (non-hydrogen) atoms. The molecule has 0 aromatic heterocycles. The molecule has 2 heteroatoms. The van der Waals surface area contributed by atoms with Gasteiger partial charge in [0, 0.05) is 0 Å². The first-order chi connectivity index (χ1) is 8.20. The third-order valence-corrected chi connectivity index (χ3v) is 2.69. The first-order valence-corrected chi connectivity index (χ1v) is 6.70. The van der Waals surface area contributed by atoms with Gasteiger partial charge in [-0.2, -0.15) is 4.89 Å². The highest BCUT2D eigenvalue weighted by atomic mass is 17.2. The molecule has 0 saturated heterocycles. The number of hydrogen-bond donors (Lipinski definition) is 0. The van der Waals surface area contributed by atoms with Crippen molar-refractivity contribution in [3.8, 4) is 5.75 Å². The summed E-state index contributed by atoms with van der Waals surface area (Å²) >= 11 is 0. The second-order valence-electron chi connectivity index (χ2n) is 6.38. The van der Waals surface area contributed by atoms with Crippen LogP contribution in [0.15, 0.2) is 18.2 Å². The van der Waals surface area contributed by atoms with E-state index >= 15 is 0 Å². The molecule has 1 rings (SSSR count). The molecule has 0 bridgehead atoms. The molecule has 0 aliphatic heterocycles. The van der Waals surface area contributed by atoms with Crippen LogP contribution in [0.25, 0.3) is 0 Å². The molecule has 0 atom stereocenters. The molecule has 102 valence electrons. The third kappa shape index (κ3) is 4.34. The Morgan fingerprint density at radius 3 is 1.89 bits per heavy atom. The van der Waals surface area contributed by atoms with E-state index in [1.54, 1.807) is 0 Å². The largest absolute Gasteiger partial charge is 0.337 e. The highest BCUT2D eigenvalue weighted by Gasteiger charge is 2.15. The molecule has 0 radical (unpaired) electrons. The molecule has 0 aliphatic carbocycles. The van der Waals surface area contributed by atoms with E-state index in [4.69, 9.17) is 9.78 Å². The minimum Gasteiger partial charge on any atom is -0.337 e. The lowest BCUT2D eigenvalue weighted by molar-refractivity contribution is -0.274. The molecule has 2 nitrogen and oxygen atoms in total. The average molecular weight is 250 g/mol. The Balaban J connectivity index is 2.93. The monoisotopic (exact) mass is 250 g/mol. The molecule has 1 aromatic rings. The van der Waals surface area contributed by atoms with Crippen LogP contribution in [-0.4, -0.2) is 5.60 Å². The van der Waals surface area contributed by atoms with Crippen molar-refractivity contribution in [3.63, 3.8) is 0 Å². The molecule has 0 N–H and O–H groups in total. The van der Waals surface area contributed by atoms with Gasteiger partial charge in [-0.25, -0.2) is 0 Å². The molecule has 0 unspecified atom stereocenters. The molecule has 0 spiro atoms. The van der Waals surface area contributed by atoms with Gasteiger partial charge in [0.05, 0.1) is 0 Å². The van der Waals surface area contributed by atoms with Crippen LogP contribution >= 0.6 is 0 Å². The van der Waals surface area contributed by atoms with Crippen LogP contribution in [0.2, 0.25) is 0 Å². The van der Waals surface area contributed by atoms with Crippen molar-refractivity contribution < 1.29 is 9.78 Å². The summed E-state index contributed by atoms with van der Waals surface area (Å²) in [4.78, 5) is 10.7. The second kappa shape index (κ2) is 5.75. The fourth-order valence-electron chi connectivity index (χ4n) is 1.80. The predicted molar refractivity (Wildman–Crippen MR) is 76.1 cm³/mol. The van der Waals surface area contributed by atoms with Gasteiger partial charge in [-0.15, -0.1) is 0 Å². The van der Waals surface area contributed by atoms with Crippen LogP contribution in [-0.2, 0) is 4.89 Å². The Morgan fingerprint density at radius 1 is 0.889 bits per heavy atom. The van der Waals surface area contributed by atoms with Gasteiger partial charge in [0.2, 0.25) is 0 Å². The van der Waals surface area contributed by atoms with E-state index < -0.39 is 0 Å². The maximum atomic E-state index is 5.40. The Kier molecular flexibility index (Phi) is 4.80. The van der Waals surface area contributed by atoms with Crippen molar-refractivity contribution in [2.24, 2.45) is 0 Å². The van der Waals surface area contributed by atoms with Crippen LogP contribution < -0.4 is 4.89 Å². The van der Waals surface area contributed by atoms with E-state index in [0.29, 0.717) is 11.8 Å². The van der Waals surface area contributed by atoms with Crippen molar-refractivity contribution in [2.75, 3.05) is 0 Å². The van der Waals surface area contributed by atoms with Crippen molar-refractivity contribution in [3.05, 3.63) is 29.3 Å². The fourth-order valence-corrected chi connectivity index (χ4v) is 1.80. The van der Waals surface area contributed by atoms with E-state index in [-0.39, 0.29) is 5.60 Å². The Bertz CT molecular complexity index is 387. The highest BCUT2D eigenvalue weighted by Crippen LogP contribution is 2.30. The smallest absolute Gasteiger partial charge is 0.165 e. The lowest BCUT2D eigenvalue weighted by Gasteiger charge is -2.20. The fraction of sp³-hybridized carbons (Fsp3) is 0.625. The molecule has 0 saturated carbocycles. The van der Waals surface area contributed by atoms with Gasteiger partial charge < -0.3 is 4.89 Å². The van der Waals surface area contributed by atoms with Crippen LogP contribution in [0.4, 0.5) is 0 Å². The molecule has 0 heterocycles. The van der Waals surface area contributed by atoms with Crippen LogP contribution in [0, 0.1) is 0 Å². The average Bonchev–Trinajstić information content (AvgIpc) is 2.24. The van der Waals surface area contributed by atoms with E-state index in [1.165, 1.54) is 11.1 Å². The molecular weight excluding hydrogens is 224 g/mol. The van der Waals surface area contributed by atoms with E-state index in [9.17, 15) is 0 Å². The minimum atomic E-state index is -0.297. The summed E-state index contributed by atoms with van der Waals surface area (Å²) in [5.41, 5.74) is 2.42. The Morgan fingerprint density at radius 2 is 1.44 bits per heavy atom. The van der Waals surface area contributed by atoms with Gasteiger partial charge in [-0.3, -0.25) is 0 Å². The van der Waals surface area contributed by atoms with Gasteiger partial charge in [0.15, 0.2) is 5.75 Å². The summed E-state index contributed by atoms with van der Waals surface area (Å²) in [6.07, 6.45) is 0. The van der Waals surface area contributed by atoms with Gasteiger partial charge in [-0.05, 0) is 55.9 Å². The molecule has 0 amide bonds. The second-order valence-corrected chi connectivity index (χ2v) is 6.38. The van der Waals surface area contributed by atoms with Crippen molar-refractivity contribution in [1.82, 2.24) is 0 Å². The Hall–Kier alpha value is -1.02. The molecule has 0 aliphatic rings. The van der Waals surface area contributed by atoms with E-state index in [1.807, 2.05) is 26.8 Å². The summed E-state index contributed by atoms with van der Waals surface area (Å²) in [5.74, 6) is 1.79. The van der Waals surface area contributed by atoms with Crippen LogP contribution in [0.3, 0.4) is 0 Å². The zero-order chi connectivity index (χ0) is 13.9. The van der Waals surface area contributed by atoms with Crippen molar-refractivity contribution in [1.29, 1.82) is 0 Å². The number of benzene rings is 1. The summed E-state index contributed by atoms with van der Waals surface area (Å²) in [6, 6.07) is 6.21. The van der Waals surface area contributed by atoms with Gasteiger partial charge in [0.25, 0.3) is 0 Å². The highest BCUT2D eigenvalue weighted by molar-refractivity contribution is 5.39. The summed E-state index contributed by atoms with van der Waals surface area (Å²) in [7, 11) is 0. The van der Waals surface area contributed by atoms with Crippen LogP contribution in [0.1, 0.15) is 71.4 Å². The SMILES string of the molecule is CC(C)c1ccc(OOC(C)(C)C)cc1C(C)C. The van der Waals surface area contributed by atoms with E-state index in [2.05, 4.69) is 39.8 Å². The van der Waals surface area contributed by atoms with Gasteiger partial charge in [0.1, 0.15) is 5.60 Å². The van der Waals surface area contributed by atoms with Gasteiger partial charge in [-0.1, -0.05) is 33.8 Å². The predicted octanol–water partition coefficient (Wildman–Crippen LogP) is 5.04. The summed E-state index contributed by atoms with van der Waals surface area (Å²) < 4.78 is 0. The van der Waals surface area contributed by atoms with Crippen molar-refractivity contribution in [2.45, 2.75) is 65.9 Å². The van der Waals surface area contributed by atoms with Crippen LogP contribution in [0.5, 0.6) is 5.75 Å². The minimum absolute atomic E-state index is 0.297. The maximum absolute atomic E-state index is 5.40. The first-order valence-electron chi connectivity index (χ1n) is 6.70. The third-order valence-electron chi connectivity index (χ3n) is 2.69. The van der Waals surface area contributed by atoms with Gasteiger partial charge >= 0.3 is 0 Å². The summed E-state index contributed by atoms with van der Waals surface area (Å²) in [6.45, 7) is 14.8. The molecular formula is C16H26O2. The maximum Gasteiger partial charge on any atom is 0.165 e. The van der Waals surface area contributed by atoms with E-state index in [0.717, 1.165) is 5.75 Å². The Labute approximate surface area is 111 Å².